The number of anilines is 1. The average molecular weight is 415 g/mol. The summed E-state index contributed by atoms with van der Waals surface area (Å²) in [5, 5.41) is 2.88. The van der Waals surface area contributed by atoms with Crippen LogP contribution in [0.4, 0.5) is 5.69 Å². The van der Waals surface area contributed by atoms with Crippen LogP contribution in [0.25, 0.3) is 0 Å². The van der Waals surface area contributed by atoms with Gasteiger partial charge in [0.1, 0.15) is 17.4 Å². The lowest BCUT2D eigenvalue weighted by atomic mass is 9.88. The molecular formula is C26H25NO4. The second-order valence-corrected chi connectivity index (χ2v) is 7.66. The Balaban J connectivity index is 1.48. The van der Waals surface area contributed by atoms with Crippen LogP contribution in [0, 0.1) is 0 Å². The fourth-order valence-corrected chi connectivity index (χ4v) is 3.83. The molecule has 3 aromatic rings. The summed E-state index contributed by atoms with van der Waals surface area (Å²) in [4.78, 5) is 25.6. The smallest absolute Gasteiger partial charge is 0.318 e. The third-order valence-electron chi connectivity index (χ3n) is 5.64. The van der Waals surface area contributed by atoms with Crippen LogP contribution in [0.2, 0.25) is 0 Å². The fraction of sp³-hybridized carbons (Fsp3) is 0.231. The van der Waals surface area contributed by atoms with Crippen molar-refractivity contribution in [2.75, 3.05) is 11.9 Å². The summed E-state index contributed by atoms with van der Waals surface area (Å²) in [5.74, 6) is 0.0760. The first-order valence-corrected chi connectivity index (χ1v) is 10.5. The molecule has 0 bridgehead atoms. The monoisotopic (exact) mass is 415 g/mol. The topological polar surface area (TPSA) is 64.6 Å². The Morgan fingerprint density at radius 1 is 0.935 bits per heavy atom. The molecule has 0 aromatic heterocycles. The van der Waals surface area contributed by atoms with Crippen molar-refractivity contribution in [3.8, 4) is 11.5 Å². The van der Waals surface area contributed by atoms with E-state index < -0.39 is 11.9 Å². The van der Waals surface area contributed by atoms with Crippen molar-refractivity contribution in [2.45, 2.75) is 32.1 Å². The van der Waals surface area contributed by atoms with Gasteiger partial charge >= 0.3 is 5.97 Å². The van der Waals surface area contributed by atoms with Gasteiger partial charge in [0.15, 0.2) is 6.61 Å². The highest BCUT2D eigenvalue weighted by molar-refractivity contribution is 5.94. The van der Waals surface area contributed by atoms with Crippen LogP contribution < -0.4 is 10.1 Å². The minimum atomic E-state index is -0.638. The van der Waals surface area contributed by atoms with Gasteiger partial charge in [0.2, 0.25) is 0 Å². The maximum absolute atomic E-state index is 13.0. The summed E-state index contributed by atoms with van der Waals surface area (Å²) in [7, 11) is 0. The number of carbonyl (C=O) groups is 2. The molecule has 5 heteroatoms. The van der Waals surface area contributed by atoms with E-state index in [2.05, 4.69) is 19.2 Å². The van der Waals surface area contributed by atoms with Crippen molar-refractivity contribution < 1.29 is 19.1 Å². The van der Waals surface area contributed by atoms with Crippen LogP contribution in [0.5, 0.6) is 11.5 Å². The fourth-order valence-electron chi connectivity index (χ4n) is 3.83. The first-order chi connectivity index (χ1) is 15.1. The summed E-state index contributed by atoms with van der Waals surface area (Å²) in [5.41, 5.74) is 3.28. The Morgan fingerprint density at radius 2 is 1.52 bits per heavy atom. The van der Waals surface area contributed by atoms with Crippen molar-refractivity contribution in [2.24, 2.45) is 0 Å². The highest BCUT2D eigenvalue weighted by Crippen LogP contribution is 2.44. The van der Waals surface area contributed by atoms with Crippen LogP contribution in [0.3, 0.4) is 0 Å². The normalized spacial score (nSPS) is 13.4. The number of para-hydroxylation sites is 3. The van der Waals surface area contributed by atoms with Gasteiger partial charge in [-0.05, 0) is 36.1 Å². The van der Waals surface area contributed by atoms with Crippen molar-refractivity contribution >= 4 is 17.6 Å². The molecule has 0 fully saturated rings. The van der Waals surface area contributed by atoms with Crippen LogP contribution in [0.15, 0.2) is 72.8 Å². The Labute approximate surface area is 182 Å². The van der Waals surface area contributed by atoms with Crippen molar-refractivity contribution in [1.82, 2.24) is 0 Å². The summed E-state index contributed by atoms with van der Waals surface area (Å²) in [6.45, 7) is 3.87. The second kappa shape index (κ2) is 9.04. The average Bonchev–Trinajstić information content (AvgIpc) is 2.80. The summed E-state index contributed by atoms with van der Waals surface area (Å²) >= 11 is 0. The zero-order chi connectivity index (χ0) is 21.8. The van der Waals surface area contributed by atoms with Crippen molar-refractivity contribution in [1.29, 1.82) is 0 Å². The van der Waals surface area contributed by atoms with Gasteiger partial charge in [0.05, 0.1) is 0 Å². The molecule has 5 nitrogen and oxygen atoms in total. The first-order valence-electron chi connectivity index (χ1n) is 10.5. The van der Waals surface area contributed by atoms with E-state index in [1.807, 2.05) is 72.8 Å². The number of hydrogen-bond donors (Lipinski definition) is 1. The second-order valence-electron chi connectivity index (χ2n) is 7.66. The van der Waals surface area contributed by atoms with Gasteiger partial charge in [-0.1, -0.05) is 68.4 Å². The van der Waals surface area contributed by atoms with Gasteiger partial charge in [0.25, 0.3) is 5.91 Å². The first kappa shape index (κ1) is 20.7. The molecular weight excluding hydrogens is 390 g/mol. The third-order valence-corrected chi connectivity index (χ3v) is 5.64. The number of benzene rings is 3. The summed E-state index contributed by atoms with van der Waals surface area (Å²) < 4.78 is 11.4. The molecule has 0 saturated carbocycles. The molecule has 1 N–H and O–H groups in total. The van der Waals surface area contributed by atoms with Gasteiger partial charge < -0.3 is 14.8 Å². The number of carbonyl (C=O) groups excluding carboxylic acids is 2. The maximum atomic E-state index is 13.0. The highest BCUT2D eigenvalue weighted by Gasteiger charge is 2.33. The van der Waals surface area contributed by atoms with Crippen molar-refractivity contribution in [3.63, 3.8) is 0 Å². The molecule has 0 unspecified atom stereocenters. The zero-order valence-electron chi connectivity index (χ0n) is 17.6. The van der Waals surface area contributed by atoms with E-state index in [1.165, 1.54) is 0 Å². The van der Waals surface area contributed by atoms with Gasteiger partial charge in [-0.2, -0.15) is 0 Å². The van der Waals surface area contributed by atoms with E-state index in [1.54, 1.807) is 0 Å². The molecule has 1 heterocycles. The largest absolute Gasteiger partial charge is 0.457 e. The van der Waals surface area contributed by atoms with Gasteiger partial charge in [-0.3, -0.25) is 9.59 Å². The van der Waals surface area contributed by atoms with E-state index in [0.29, 0.717) is 17.4 Å². The zero-order valence-corrected chi connectivity index (χ0v) is 17.6. The molecule has 1 atom stereocenters. The van der Waals surface area contributed by atoms with Crippen molar-refractivity contribution in [3.05, 3.63) is 89.5 Å². The molecule has 4 rings (SSSR count). The Morgan fingerprint density at radius 3 is 2.16 bits per heavy atom. The van der Waals surface area contributed by atoms with Gasteiger partial charge in [-0.15, -0.1) is 0 Å². The summed E-state index contributed by atoms with van der Waals surface area (Å²) in [6.07, 6.45) is 0.963. The number of nitrogens with one attached hydrogen (secondary N) is 1. The molecule has 0 saturated heterocycles. The van der Waals surface area contributed by atoms with Gasteiger partial charge in [-0.25, -0.2) is 0 Å². The molecule has 1 aliphatic rings. The van der Waals surface area contributed by atoms with E-state index >= 15 is 0 Å². The number of hydrogen-bond acceptors (Lipinski definition) is 4. The molecule has 0 radical (unpaired) electrons. The number of esters is 1. The lowest BCUT2D eigenvalue weighted by Crippen LogP contribution is -2.26. The lowest BCUT2D eigenvalue weighted by Gasteiger charge is -2.26. The molecule has 31 heavy (non-hydrogen) atoms. The standard InChI is InChI=1S/C26H25NO4/c1-3-17(2)18-10-4-7-13-21(18)27-24(28)16-30-26(29)25-19-11-5-8-14-22(19)31-23-15-9-6-12-20(23)25/h4-15,17,25H,3,16H2,1-2H3,(H,27,28)/t17-/m1/s1. The third kappa shape index (κ3) is 4.31. The number of rotatable bonds is 6. The summed E-state index contributed by atoms with van der Waals surface area (Å²) in [6, 6.07) is 22.5. The van der Waals surface area contributed by atoms with Crippen LogP contribution in [-0.4, -0.2) is 18.5 Å². The number of ether oxygens (including phenoxy) is 2. The van der Waals surface area contributed by atoms with E-state index in [0.717, 1.165) is 28.8 Å². The predicted molar refractivity (Wildman–Crippen MR) is 120 cm³/mol. The molecule has 3 aromatic carbocycles. The van der Waals surface area contributed by atoms with Crippen LogP contribution >= 0.6 is 0 Å². The molecule has 1 amide bonds. The molecule has 0 aliphatic carbocycles. The Bertz CT molecular complexity index is 1060. The predicted octanol–water partition coefficient (Wildman–Crippen LogP) is 5.62. The van der Waals surface area contributed by atoms with Crippen LogP contribution in [-0.2, 0) is 14.3 Å². The molecule has 0 spiro atoms. The number of fused-ring (bicyclic) bond motifs is 2. The van der Waals surface area contributed by atoms with E-state index in [9.17, 15) is 9.59 Å². The molecule has 158 valence electrons. The minimum absolute atomic E-state index is 0.314. The van der Waals surface area contributed by atoms with E-state index in [-0.39, 0.29) is 12.5 Å². The highest BCUT2D eigenvalue weighted by atomic mass is 16.5. The van der Waals surface area contributed by atoms with Gasteiger partial charge in [0, 0.05) is 16.8 Å². The minimum Gasteiger partial charge on any atom is -0.457 e. The van der Waals surface area contributed by atoms with Crippen LogP contribution in [0.1, 0.15) is 48.8 Å². The maximum Gasteiger partial charge on any atom is 0.318 e. The number of amides is 1. The Hall–Kier alpha value is -3.60. The van der Waals surface area contributed by atoms with E-state index in [4.69, 9.17) is 9.47 Å². The SMILES string of the molecule is CC[C@@H](C)c1ccccc1NC(=O)COC(=O)C1c2ccccc2Oc2ccccc21. The Kier molecular flexibility index (Phi) is 6.03. The lowest BCUT2D eigenvalue weighted by molar-refractivity contribution is -0.148. The quantitative estimate of drug-likeness (QED) is 0.531. The molecule has 1 aliphatic heterocycles.